The van der Waals surface area contributed by atoms with Crippen LogP contribution in [0.3, 0.4) is 0 Å². The van der Waals surface area contributed by atoms with Crippen LogP contribution in [0.15, 0.2) is 36.4 Å². The quantitative estimate of drug-likeness (QED) is 0.337. The molecule has 128 valence electrons. The maximum Gasteiger partial charge on any atom is 0.307 e. The monoisotopic (exact) mass is 372 g/mol. The van der Waals surface area contributed by atoms with Crippen LogP contribution in [0.2, 0.25) is 0 Å². The van der Waals surface area contributed by atoms with Crippen LogP contribution >= 0.6 is 24.4 Å². The van der Waals surface area contributed by atoms with E-state index in [1.54, 1.807) is 12.1 Å². The molecule has 0 atom stereocenters. The van der Waals surface area contributed by atoms with E-state index in [9.17, 15) is 4.79 Å². The van der Waals surface area contributed by atoms with E-state index in [2.05, 4.69) is 39.0 Å². The predicted octanol–water partition coefficient (Wildman–Crippen LogP) is 4.39. The average molecular weight is 372 g/mol. The Bertz CT molecular complexity index is 1170. The number of aromatic amines is 4. The topological polar surface area (TPSA) is 100 Å². The number of hydrogen-bond donors (Lipinski definition) is 5. The summed E-state index contributed by atoms with van der Waals surface area (Å²) in [6.45, 7) is 2.06. The number of H-pyrrole nitrogens is 4. The highest BCUT2D eigenvalue weighted by molar-refractivity contribution is 7.71. The highest BCUT2D eigenvalue weighted by Gasteiger charge is 2.02. The van der Waals surface area contributed by atoms with Gasteiger partial charge in [-0.15, -0.1) is 0 Å². The SMILES string of the molecule is Cc1ccc2[nH]c(=S)[nH]c2c1.O=C(O)Cc1ccc2[nH]c(=S)[nH]c2c1. The lowest BCUT2D eigenvalue weighted by Gasteiger charge is -1.95. The number of hydrogen-bond acceptors (Lipinski definition) is 3. The number of aliphatic carboxylic acids is 1. The number of aryl methyl sites for hydroxylation is 1. The summed E-state index contributed by atoms with van der Waals surface area (Å²) in [7, 11) is 0. The normalized spacial score (nSPS) is 10.6. The van der Waals surface area contributed by atoms with Crippen LogP contribution in [0, 0.1) is 16.5 Å². The van der Waals surface area contributed by atoms with Crippen molar-refractivity contribution in [1.29, 1.82) is 0 Å². The summed E-state index contributed by atoms with van der Waals surface area (Å²) in [4.78, 5) is 22.5. The molecule has 0 unspecified atom stereocenters. The first-order chi connectivity index (χ1) is 11.9. The first-order valence-corrected chi connectivity index (χ1v) is 8.34. The number of aromatic nitrogens is 4. The molecule has 4 aromatic rings. The minimum Gasteiger partial charge on any atom is -0.481 e. The Morgan fingerprint density at radius 2 is 1.40 bits per heavy atom. The second kappa shape index (κ2) is 7.04. The molecule has 5 N–H and O–H groups in total. The zero-order valence-electron chi connectivity index (χ0n) is 13.3. The Morgan fingerprint density at radius 3 is 2.00 bits per heavy atom. The first kappa shape index (κ1) is 17.1. The molecule has 0 aliphatic heterocycles. The van der Waals surface area contributed by atoms with E-state index in [0.717, 1.165) is 27.6 Å². The van der Waals surface area contributed by atoms with Crippen LogP contribution < -0.4 is 0 Å². The van der Waals surface area contributed by atoms with Gasteiger partial charge in [-0.2, -0.15) is 0 Å². The predicted molar refractivity (Wildman–Crippen MR) is 103 cm³/mol. The number of carboxylic acids is 1. The van der Waals surface area contributed by atoms with Crippen molar-refractivity contribution in [2.24, 2.45) is 0 Å². The third-order valence-electron chi connectivity index (χ3n) is 3.61. The molecule has 8 heteroatoms. The second-order valence-corrected chi connectivity index (χ2v) is 6.47. The van der Waals surface area contributed by atoms with E-state index in [-0.39, 0.29) is 6.42 Å². The van der Waals surface area contributed by atoms with E-state index in [4.69, 9.17) is 29.5 Å². The molecule has 0 saturated heterocycles. The van der Waals surface area contributed by atoms with Gasteiger partial charge < -0.3 is 25.0 Å². The van der Waals surface area contributed by atoms with Crippen LogP contribution in [-0.2, 0) is 11.2 Å². The molecule has 6 nitrogen and oxygen atoms in total. The third-order valence-corrected chi connectivity index (χ3v) is 4.02. The molecule has 0 bridgehead atoms. The third kappa shape index (κ3) is 4.23. The summed E-state index contributed by atoms with van der Waals surface area (Å²) in [6.07, 6.45) is 0.0295. The van der Waals surface area contributed by atoms with Gasteiger partial charge in [0.1, 0.15) is 0 Å². The van der Waals surface area contributed by atoms with Crippen molar-refractivity contribution in [3.63, 3.8) is 0 Å². The molecule has 0 aliphatic rings. The molecule has 2 heterocycles. The van der Waals surface area contributed by atoms with Crippen molar-refractivity contribution >= 4 is 52.5 Å². The molecule has 0 saturated carbocycles. The molecule has 0 amide bonds. The fraction of sp³-hybridized carbons (Fsp3) is 0.118. The molecule has 0 radical (unpaired) electrons. The minimum atomic E-state index is -0.835. The Kier molecular flexibility index (Phi) is 4.82. The maximum absolute atomic E-state index is 10.5. The van der Waals surface area contributed by atoms with Crippen molar-refractivity contribution < 1.29 is 9.90 Å². The zero-order valence-corrected chi connectivity index (χ0v) is 15.0. The summed E-state index contributed by atoms with van der Waals surface area (Å²) in [6, 6.07) is 11.5. The van der Waals surface area contributed by atoms with Gasteiger partial charge in [0, 0.05) is 0 Å². The Balaban J connectivity index is 0.000000150. The van der Waals surface area contributed by atoms with Gasteiger partial charge in [-0.05, 0) is 66.8 Å². The molecular weight excluding hydrogens is 356 g/mol. The highest BCUT2D eigenvalue weighted by atomic mass is 32.1. The number of imidazole rings is 2. The highest BCUT2D eigenvalue weighted by Crippen LogP contribution is 2.13. The van der Waals surface area contributed by atoms with Crippen molar-refractivity contribution in [2.45, 2.75) is 13.3 Å². The van der Waals surface area contributed by atoms with Crippen molar-refractivity contribution in [2.75, 3.05) is 0 Å². The van der Waals surface area contributed by atoms with E-state index in [1.165, 1.54) is 5.56 Å². The van der Waals surface area contributed by atoms with E-state index < -0.39 is 5.97 Å². The van der Waals surface area contributed by atoms with E-state index >= 15 is 0 Å². The Hall–Kier alpha value is -2.71. The summed E-state index contributed by atoms with van der Waals surface area (Å²) < 4.78 is 1.23. The smallest absolute Gasteiger partial charge is 0.307 e. The zero-order chi connectivity index (χ0) is 18.0. The van der Waals surface area contributed by atoms with E-state index in [0.29, 0.717) is 9.54 Å². The number of nitrogens with one attached hydrogen (secondary N) is 4. The molecule has 4 rings (SSSR count). The van der Waals surface area contributed by atoms with Gasteiger partial charge in [0.25, 0.3) is 0 Å². The van der Waals surface area contributed by atoms with Crippen LogP contribution in [0.1, 0.15) is 11.1 Å². The van der Waals surface area contributed by atoms with Gasteiger partial charge in [0.05, 0.1) is 28.5 Å². The van der Waals surface area contributed by atoms with Crippen molar-refractivity contribution in [3.8, 4) is 0 Å². The standard InChI is InChI=1S/C9H8N2O2S.C8H8N2S/c12-8(13)4-5-1-2-6-7(3-5)11-9(14)10-6;1-5-2-3-6-7(4-5)10-8(11)9-6/h1-3H,4H2,(H,12,13)(H2,10,11,14);2-4H,1H3,(H2,9,10,11). The summed E-state index contributed by atoms with van der Waals surface area (Å²) >= 11 is 9.86. The fourth-order valence-electron chi connectivity index (χ4n) is 2.51. The molecule has 0 spiro atoms. The number of rotatable bonds is 2. The molecule has 2 aromatic heterocycles. The molecule has 0 aliphatic carbocycles. The molecule has 0 fully saturated rings. The van der Waals surface area contributed by atoms with E-state index in [1.807, 2.05) is 12.1 Å². The summed E-state index contributed by atoms with van der Waals surface area (Å²) in [5, 5.41) is 8.61. The minimum absolute atomic E-state index is 0.0295. The van der Waals surface area contributed by atoms with Crippen LogP contribution in [0.5, 0.6) is 0 Å². The number of carboxylic acid groups (broad SMARTS) is 1. The Morgan fingerprint density at radius 1 is 0.880 bits per heavy atom. The number of carbonyl (C=O) groups is 1. The number of benzene rings is 2. The lowest BCUT2D eigenvalue weighted by molar-refractivity contribution is -0.136. The summed E-state index contributed by atoms with van der Waals surface area (Å²) in [5.41, 5.74) is 5.88. The lowest BCUT2D eigenvalue weighted by Crippen LogP contribution is -1.99. The van der Waals surface area contributed by atoms with Crippen LogP contribution in [-0.4, -0.2) is 31.0 Å². The second-order valence-electron chi connectivity index (χ2n) is 5.66. The Labute approximate surface area is 152 Å². The van der Waals surface area contributed by atoms with Gasteiger partial charge in [-0.25, -0.2) is 0 Å². The van der Waals surface area contributed by atoms with Gasteiger partial charge in [0.15, 0.2) is 9.54 Å². The fourth-order valence-corrected chi connectivity index (χ4v) is 2.95. The number of fused-ring (bicyclic) bond motifs is 2. The molecule has 2 aromatic carbocycles. The molecule has 25 heavy (non-hydrogen) atoms. The van der Waals surface area contributed by atoms with Gasteiger partial charge in [-0.3, -0.25) is 4.79 Å². The summed E-state index contributed by atoms with van der Waals surface area (Å²) in [5.74, 6) is -0.835. The van der Waals surface area contributed by atoms with Gasteiger partial charge in [0.2, 0.25) is 0 Å². The maximum atomic E-state index is 10.5. The molecular formula is C17H16N4O2S2. The van der Waals surface area contributed by atoms with Crippen molar-refractivity contribution in [1.82, 2.24) is 19.9 Å². The van der Waals surface area contributed by atoms with Gasteiger partial charge in [-0.1, -0.05) is 12.1 Å². The van der Waals surface area contributed by atoms with Gasteiger partial charge >= 0.3 is 5.97 Å². The largest absolute Gasteiger partial charge is 0.481 e. The van der Waals surface area contributed by atoms with Crippen LogP contribution in [0.4, 0.5) is 0 Å². The van der Waals surface area contributed by atoms with Crippen LogP contribution in [0.25, 0.3) is 22.1 Å². The lowest BCUT2D eigenvalue weighted by atomic mass is 10.1. The average Bonchev–Trinajstić information content (AvgIpc) is 3.07. The van der Waals surface area contributed by atoms with Crippen molar-refractivity contribution in [3.05, 3.63) is 57.1 Å². The first-order valence-electron chi connectivity index (χ1n) is 7.52.